The van der Waals surface area contributed by atoms with Gasteiger partial charge in [-0.1, -0.05) is 22.0 Å². The van der Waals surface area contributed by atoms with Gasteiger partial charge in [-0.05, 0) is 37.5 Å². The molecular weight excluding hydrogens is 294 g/mol. The number of halogens is 1. The lowest BCUT2D eigenvalue weighted by atomic mass is 10.1. The smallest absolute Gasteiger partial charge is 0.0808 e. The third-order valence-electron chi connectivity index (χ3n) is 2.98. The molecule has 1 aliphatic heterocycles. The lowest BCUT2D eigenvalue weighted by Crippen LogP contribution is -2.25. The fraction of sp³-hybridized carbons (Fsp3) is 0.571. The third-order valence-corrected chi connectivity index (χ3v) is 3.47. The first-order valence-electron chi connectivity index (χ1n) is 6.53. The number of nitrogens with one attached hydrogen (secondary N) is 1. The molecular formula is C14H20BrNO2. The Morgan fingerprint density at radius 2 is 2.33 bits per heavy atom. The van der Waals surface area contributed by atoms with Crippen LogP contribution in [0.5, 0.6) is 0 Å². The lowest BCUT2D eigenvalue weighted by molar-refractivity contribution is -0.0387. The summed E-state index contributed by atoms with van der Waals surface area (Å²) in [6.45, 7) is 3.15. The van der Waals surface area contributed by atoms with Gasteiger partial charge < -0.3 is 14.8 Å². The predicted octanol–water partition coefficient (Wildman–Crippen LogP) is 3.45. The standard InChI is InChI=1S/C14H20BrNO2/c15-12-4-3-5-13(10-12)16-7-9-17-11-14-6-1-2-8-18-14/h3-5,10,14,16H,1-2,6-9,11H2. The average molecular weight is 314 g/mol. The first-order chi connectivity index (χ1) is 8.84. The minimum absolute atomic E-state index is 0.310. The molecule has 1 aromatic rings. The van der Waals surface area contributed by atoms with Gasteiger partial charge in [0.25, 0.3) is 0 Å². The predicted molar refractivity (Wildman–Crippen MR) is 77.0 cm³/mol. The second-order valence-electron chi connectivity index (χ2n) is 4.50. The lowest BCUT2D eigenvalue weighted by Gasteiger charge is -2.22. The van der Waals surface area contributed by atoms with Crippen LogP contribution in [0.1, 0.15) is 19.3 Å². The largest absolute Gasteiger partial charge is 0.383 e. The maximum Gasteiger partial charge on any atom is 0.0808 e. The molecule has 1 aromatic carbocycles. The summed E-state index contributed by atoms with van der Waals surface area (Å²) in [5.74, 6) is 0. The van der Waals surface area contributed by atoms with Crippen LogP contribution in [-0.4, -0.2) is 32.5 Å². The van der Waals surface area contributed by atoms with E-state index in [1.807, 2.05) is 12.1 Å². The van der Waals surface area contributed by atoms with Gasteiger partial charge in [-0.15, -0.1) is 0 Å². The summed E-state index contributed by atoms with van der Waals surface area (Å²) in [5.41, 5.74) is 1.11. The second kappa shape index (κ2) is 7.77. The van der Waals surface area contributed by atoms with Crippen molar-refractivity contribution in [2.45, 2.75) is 25.4 Å². The van der Waals surface area contributed by atoms with Crippen molar-refractivity contribution >= 4 is 21.6 Å². The first-order valence-corrected chi connectivity index (χ1v) is 7.33. The van der Waals surface area contributed by atoms with Crippen LogP contribution in [0.2, 0.25) is 0 Å². The molecule has 1 fully saturated rings. The minimum Gasteiger partial charge on any atom is -0.383 e. The highest BCUT2D eigenvalue weighted by atomic mass is 79.9. The fourth-order valence-electron chi connectivity index (χ4n) is 2.02. The molecule has 0 saturated carbocycles. The van der Waals surface area contributed by atoms with Crippen molar-refractivity contribution in [2.75, 3.05) is 31.7 Å². The number of hydrogen-bond acceptors (Lipinski definition) is 3. The normalized spacial score (nSPS) is 19.7. The molecule has 1 saturated heterocycles. The van der Waals surface area contributed by atoms with Crippen LogP contribution in [0.4, 0.5) is 5.69 Å². The summed E-state index contributed by atoms with van der Waals surface area (Å²) in [6, 6.07) is 8.14. The Labute approximate surface area is 117 Å². The van der Waals surface area contributed by atoms with E-state index in [1.165, 1.54) is 12.8 Å². The van der Waals surface area contributed by atoms with Crippen LogP contribution < -0.4 is 5.32 Å². The summed E-state index contributed by atoms with van der Waals surface area (Å²) >= 11 is 3.45. The van der Waals surface area contributed by atoms with Gasteiger partial charge in [0.2, 0.25) is 0 Å². The zero-order valence-electron chi connectivity index (χ0n) is 10.5. The molecule has 100 valence electrons. The Morgan fingerprint density at radius 1 is 1.39 bits per heavy atom. The molecule has 4 heteroatoms. The highest BCUT2D eigenvalue weighted by molar-refractivity contribution is 9.10. The third kappa shape index (κ3) is 4.96. The second-order valence-corrected chi connectivity index (χ2v) is 5.42. The number of benzene rings is 1. The summed E-state index contributed by atoms with van der Waals surface area (Å²) < 4.78 is 12.3. The number of anilines is 1. The van der Waals surface area contributed by atoms with Gasteiger partial charge in [-0.25, -0.2) is 0 Å². The van der Waals surface area contributed by atoms with Crippen molar-refractivity contribution in [1.29, 1.82) is 0 Å². The zero-order chi connectivity index (χ0) is 12.6. The van der Waals surface area contributed by atoms with E-state index < -0.39 is 0 Å². The molecule has 0 aliphatic carbocycles. The molecule has 1 N–H and O–H groups in total. The molecule has 0 bridgehead atoms. The van der Waals surface area contributed by atoms with E-state index in [1.54, 1.807) is 0 Å². The molecule has 0 radical (unpaired) electrons. The molecule has 1 aliphatic rings. The van der Waals surface area contributed by atoms with Gasteiger partial charge in [0.1, 0.15) is 0 Å². The zero-order valence-corrected chi connectivity index (χ0v) is 12.1. The number of hydrogen-bond donors (Lipinski definition) is 1. The average Bonchev–Trinajstić information content (AvgIpc) is 2.40. The topological polar surface area (TPSA) is 30.5 Å². The van der Waals surface area contributed by atoms with Crippen molar-refractivity contribution < 1.29 is 9.47 Å². The molecule has 0 spiro atoms. The van der Waals surface area contributed by atoms with Crippen molar-refractivity contribution in [3.8, 4) is 0 Å². The first kappa shape index (κ1) is 13.8. The van der Waals surface area contributed by atoms with E-state index in [4.69, 9.17) is 9.47 Å². The molecule has 1 atom stereocenters. The molecule has 1 heterocycles. The Kier molecular flexibility index (Phi) is 5.97. The van der Waals surface area contributed by atoms with Gasteiger partial charge in [0, 0.05) is 23.3 Å². The van der Waals surface area contributed by atoms with Crippen LogP contribution in [0.25, 0.3) is 0 Å². The highest BCUT2D eigenvalue weighted by Crippen LogP contribution is 2.15. The van der Waals surface area contributed by atoms with E-state index in [0.717, 1.165) is 36.3 Å². The maximum absolute atomic E-state index is 5.63. The van der Waals surface area contributed by atoms with E-state index in [-0.39, 0.29) is 0 Å². The quantitative estimate of drug-likeness (QED) is 0.816. The van der Waals surface area contributed by atoms with Crippen molar-refractivity contribution in [1.82, 2.24) is 0 Å². The van der Waals surface area contributed by atoms with Crippen LogP contribution in [0, 0.1) is 0 Å². The van der Waals surface area contributed by atoms with E-state index in [9.17, 15) is 0 Å². The Balaban J connectivity index is 1.55. The Morgan fingerprint density at radius 3 is 3.11 bits per heavy atom. The Bertz CT molecular complexity index is 353. The van der Waals surface area contributed by atoms with Crippen LogP contribution >= 0.6 is 15.9 Å². The summed E-state index contributed by atoms with van der Waals surface area (Å²) in [4.78, 5) is 0. The fourth-order valence-corrected chi connectivity index (χ4v) is 2.42. The van der Waals surface area contributed by atoms with E-state index in [2.05, 4.69) is 33.4 Å². The van der Waals surface area contributed by atoms with Gasteiger partial charge in [0.15, 0.2) is 0 Å². The van der Waals surface area contributed by atoms with Gasteiger partial charge in [-0.3, -0.25) is 0 Å². The van der Waals surface area contributed by atoms with Crippen LogP contribution in [0.15, 0.2) is 28.7 Å². The maximum atomic E-state index is 5.63. The van der Waals surface area contributed by atoms with Gasteiger partial charge in [-0.2, -0.15) is 0 Å². The molecule has 3 nitrogen and oxygen atoms in total. The highest BCUT2D eigenvalue weighted by Gasteiger charge is 2.13. The molecule has 1 unspecified atom stereocenters. The number of rotatable bonds is 6. The van der Waals surface area contributed by atoms with Crippen LogP contribution in [0.3, 0.4) is 0 Å². The molecule has 2 rings (SSSR count). The monoisotopic (exact) mass is 313 g/mol. The van der Waals surface area contributed by atoms with E-state index >= 15 is 0 Å². The van der Waals surface area contributed by atoms with E-state index in [0.29, 0.717) is 12.7 Å². The van der Waals surface area contributed by atoms with Crippen LogP contribution in [-0.2, 0) is 9.47 Å². The van der Waals surface area contributed by atoms with Gasteiger partial charge in [0.05, 0.1) is 19.3 Å². The van der Waals surface area contributed by atoms with Crippen molar-refractivity contribution in [2.24, 2.45) is 0 Å². The molecule has 0 aromatic heterocycles. The minimum atomic E-state index is 0.310. The van der Waals surface area contributed by atoms with Crippen molar-refractivity contribution in [3.05, 3.63) is 28.7 Å². The molecule has 18 heavy (non-hydrogen) atoms. The van der Waals surface area contributed by atoms with Crippen molar-refractivity contribution in [3.63, 3.8) is 0 Å². The SMILES string of the molecule is Brc1cccc(NCCOCC2CCCCO2)c1. The number of ether oxygens (including phenoxy) is 2. The summed E-state index contributed by atoms with van der Waals surface area (Å²) in [6.07, 6.45) is 3.91. The summed E-state index contributed by atoms with van der Waals surface area (Å²) in [5, 5.41) is 3.33. The molecule has 0 amide bonds. The summed E-state index contributed by atoms with van der Waals surface area (Å²) in [7, 11) is 0. The van der Waals surface area contributed by atoms with Gasteiger partial charge >= 0.3 is 0 Å². The Hall–Kier alpha value is -0.580.